The summed E-state index contributed by atoms with van der Waals surface area (Å²) in [6.07, 6.45) is 15.6. The molecule has 0 amide bonds. The van der Waals surface area contributed by atoms with E-state index in [0.717, 1.165) is 5.92 Å². The maximum Gasteiger partial charge on any atom is -1.00 e. The van der Waals surface area contributed by atoms with Gasteiger partial charge < -0.3 is 24.8 Å². The summed E-state index contributed by atoms with van der Waals surface area (Å²) < 4.78 is 4.38. The quantitative estimate of drug-likeness (QED) is 0.496. The molecule has 2 aromatic rings. The fourth-order valence-electron chi connectivity index (χ4n) is 6.56. The van der Waals surface area contributed by atoms with Crippen LogP contribution in [0.5, 0.6) is 0 Å². The van der Waals surface area contributed by atoms with Crippen LogP contribution < -0.4 is 24.8 Å². The molecular weight excluding hydrogens is 571 g/mol. The second-order valence-corrected chi connectivity index (χ2v) is 20.3. The number of fused-ring (bicyclic) bond motifs is 3. The first-order chi connectivity index (χ1) is 16.6. The molecule has 0 aliphatic heterocycles. The van der Waals surface area contributed by atoms with Gasteiger partial charge in [-0.05, 0) is 0 Å². The van der Waals surface area contributed by atoms with Gasteiger partial charge in [-0.2, -0.15) is 0 Å². The van der Waals surface area contributed by atoms with Crippen LogP contribution in [0.2, 0.25) is 0 Å². The van der Waals surface area contributed by atoms with E-state index in [9.17, 15) is 0 Å². The molecule has 0 nitrogen and oxygen atoms in total. The summed E-state index contributed by atoms with van der Waals surface area (Å²) in [6, 6.07) is 15.1. The van der Waals surface area contributed by atoms with Crippen molar-refractivity contribution in [2.24, 2.45) is 5.92 Å². The van der Waals surface area contributed by atoms with E-state index in [-0.39, 0.29) is 35.6 Å². The Kier molecular flexibility index (Phi) is 9.80. The summed E-state index contributed by atoms with van der Waals surface area (Å²) in [7, 11) is 0. The van der Waals surface area contributed by atoms with Crippen LogP contribution in [0, 0.1) is 5.92 Å². The summed E-state index contributed by atoms with van der Waals surface area (Å²) >= 11 is -2.16. The van der Waals surface area contributed by atoms with Gasteiger partial charge in [-0.15, -0.1) is 0 Å². The molecule has 3 aliphatic carbocycles. The molecule has 198 valence electrons. The summed E-state index contributed by atoms with van der Waals surface area (Å²) in [5.74, 6) is 0.856. The number of hydrogen-bond donors (Lipinski definition) is 0. The molecule has 5 rings (SSSR count). The van der Waals surface area contributed by atoms with Gasteiger partial charge in [0.2, 0.25) is 0 Å². The number of hydrogen-bond acceptors (Lipinski definition) is 0. The molecule has 0 aromatic heterocycles. The Hall–Kier alpha value is -0.747. The maximum atomic E-state index is 2.59. The topological polar surface area (TPSA) is 0 Å². The largest absolute Gasteiger partial charge is 1.00 e. The van der Waals surface area contributed by atoms with Crippen LogP contribution in [-0.2, 0) is 32.1 Å². The fourth-order valence-corrected chi connectivity index (χ4v) is 15.9. The van der Waals surface area contributed by atoms with E-state index >= 15 is 0 Å². The van der Waals surface area contributed by atoms with Gasteiger partial charge in [0.25, 0.3) is 0 Å². The first-order valence-corrected chi connectivity index (χ1v) is 17.8. The van der Waals surface area contributed by atoms with E-state index in [4.69, 9.17) is 0 Å². The molecule has 0 unspecified atom stereocenters. The summed E-state index contributed by atoms with van der Waals surface area (Å²) in [5, 5.41) is 0. The van der Waals surface area contributed by atoms with E-state index < -0.39 is 21.3 Å². The standard InChI is InChI=1S/C21H25.C8H14.C5H5.2ClH.Zr/c1-20(2,3)16-9-7-14-11-15-8-10-17(21(4,5)6)13-19(15)18(14)12-16;1-2-8-6-4-3-5-7-8;1-2-4-5-3-1;;;/h7-13H,1-6H3;8H,3-7H2,1H3;1-3H,4H2;2*1H;/q;;;;;+2/p-2. The van der Waals surface area contributed by atoms with Crippen molar-refractivity contribution in [3.63, 3.8) is 0 Å². The Bertz CT molecular complexity index is 1160. The average Bonchev–Trinajstić information content (AvgIpc) is 3.45. The maximum absolute atomic E-state index is 2.59. The number of allylic oxidation sites excluding steroid dienone is 4. The van der Waals surface area contributed by atoms with Crippen LogP contribution in [0.1, 0.15) is 113 Å². The monoisotopic (exact) mass is 612 g/mol. The zero-order valence-corrected chi connectivity index (χ0v) is 27.8. The van der Waals surface area contributed by atoms with Gasteiger partial charge in [-0.3, -0.25) is 0 Å². The first kappa shape index (κ1) is 30.8. The molecule has 3 aliphatic rings. The SMILES string of the molecule is C/[C](C1CCCCC1)=[Zr+2](/[C]1=CC=CC1)[CH]1c2ccc(C(C)(C)C)cc2-c2cc(C(C)(C)C)ccc21.[Cl-].[Cl-]. The predicted octanol–water partition coefficient (Wildman–Crippen LogP) is 3.59. The van der Waals surface area contributed by atoms with Crippen molar-refractivity contribution in [3.8, 4) is 11.1 Å². The van der Waals surface area contributed by atoms with Crippen molar-refractivity contribution in [1.82, 2.24) is 0 Å². The molecule has 0 atom stereocenters. The molecule has 37 heavy (non-hydrogen) atoms. The number of rotatable bonds is 3. The van der Waals surface area contributed by atoms with Gasteiger partial charge in [-0.25, -0.2) is 0 Å². The summed E-state index contributed by atoms with van der Waals surface area (Å²) in [6.45, 7) is 16.7. The van der Waals surface area contributed by atoms with Gasteiger partial charge in [0.15, 0.2) is 0 Å². The third-order valence-corrected chi connectivity index (χ3v) is 17.5. The number of benzene rings is 2. The second kappa shape index (κ2) is 11.8. The minimum absolute atomic E-state index is 0. The average molecular weight is 615 g/mol. The van der Waals surface area contributed by atoms with Crippen molar-refractivity contribution in [2.75, 3.05) is 0 Å². The Morgan fingerprint density at radius 2 is 1.27 bits per heavy atom. The van der Waals surface area contributed by atoms with Crippen LogP contribution in [0.25, 0.3) is 11.1 Å². The molecule has 1 fully saturated rings. The molecule has 0 spiro atoms. The molecular formula is C34H44Cl2Zr. The molecule has 3 heteroatoms. The van der Waals surface area contributed by atoms with E-state index in [1.54, 1.807) is 11.1 Å². The predicted molar refractivity (Wildman–Crippen MR) is 150 cm³/mol. The van der Waals surface area contributed by atoms with Crippen molar-refractivity contribution in [2.45, 2.75) is 101 Å². The van der Waals surface area contributed by atoms with Crippen LogP contribution in [0.3, 0.4) is 0 Å². The van der Waals surface area contributed by atoms with Crippen molar-refractivity contribution in [3.05, 3.63) is 80.2 Å². The van der Waals surface area contributed by atoms with Gasteiger partial charge in [0.1, 0.15) is 0 Å². The minimum Gasteiger partial charge on any atom is -1.00 e. The zero-order chi connectivity index (χ0) is 25.0. The molecule has 0 saturated heterocycles. The van der Waals surface area contributed by atoms with Crippen molar-refractivity contribution in [1.29, 1.82) is 0 Å². The Morgan fingerprint density at radius 3 is 1.70 bits per heavy atom. The van der Waals surface area contributed by atoms with Gasteiger partial charge >= 0.3 is 223 Å². The first-order valence-electron chi connectivity index (χ1n) is 13.9. The zero-order valence-electron chi connectivity index (χ0n) is 23.8. The summed E-state index contributed by atoms with van der Waals surface area (Å²) in [4.78, 5) is 0. The molecule has 0 radical (unpaired) electrons. The Balaban J connectivity index is 0.00000190. The minimum atomic E-state index is -2.16. The molecule has 0 bridgehead atoms. The fraction of sp³-hybridized carbons (Fsp3) is 0.500. The second-order valence-electron chi connectivity index (χ2n) is 13.3. The molecule has 2 aromatic carbocycles. The van der Waals surface area contributed by atoms with Crippen molar-refractivity contribution >= 4 is 3.21 Å². The third kappa shape index (κ3) is 6.05. The van der Waals surface area contributed by atoms with Gasteiger partial charge in [0, 0.05) is 0 Å². The molecule has 0 heterocycles. The van der Waals surface area contributed by atoms with Gasteiger partial charge in [0.05, 0.1) is 0 Å². The van der Waals surface area contributed by atoms with E-state index in [2.05, 4.69) is 103 Å². The van der Waals surface area contributed by atoms with Crippen molar-refractivity contribution < 1.29 is 46.1 Å². The summed E-state index contributed by atoms with van der Waals surface area (Å²) in [5.41, 5.74) is 9.59. The Morgan fingerprint density at radius 1 is 0.757 bits per heavy atom. The Labute approximate surface area is 246 Å². The van der Waals surface area contributed by atoms with E-state index in [1.807, 2.05) is 6.49 Å². The van der Waals surface area contributed by atoms with E-state index in [0.29, 0.717) is 3.63 Å². The van der Waals surface area contributed by atoms with Gasteiger partial charge in [-0.1, -0.05) is 0 Å². The van der Waals surface area contributed by atoms with Crippen LogP contribution in [-0.4, -0.2) is 3.21 Å². The molecule has 0 N–H and O–H groups in total. The van der Waals surface area contributed by atoms with Crippen LogP contribution in [0.15, 0.2) is 57.9 Å². The smallest absolute Gasteiger partial charge is 1.00 e. The van der Waals surface area contributed by atoms with Crippen LogP contribution in [0.4, 0.5) is 0 Å². The number of halogens is 2. The normalized spacial score (nSPS) is 17.9. The molecule has 1 saturated carbocycles. The third-order valence-electron chi connectivity index (χ3n) is 8.80. The van der Waals surface area contributed by atoms with E-state index in [1.165, 1.54) is 60.8 Å². The van der Waals surface area contributed by atoms with Crippen LogP contribution >= 0.6 is 0 Å².